The molecule has 0 aliphatic rings. The van der Waals surface area contributed by atoms with Gasteiger partial charge in [-0.1, -0.05) is 0 Å². The van der Waals surface area contributed by atoms with Gasteiger partial charge in [-0.3, -0.25) is 4.68 Å². The SMILES string of the molecule is CNc1ccc(S(=O)(=O)NCc2cn(C)nc2C)cc1. The number of benzene rings is 1. The molecule has 0 bridgehead atoms. The predicted octanol–water partition coefficient (Wildman–Crippen LogP) is 1.25. The number of rotatable bonds is 5. The van der Waals surface area contributed by atoms with Crippen molar-refractivity contribution in [3.05, 3.63) is 41.7 Å². The monoisotopic (exact) mass is 294 g/mol. The Balaban J connectivity index is 2.12. The molecule has 0 atom stereocenters. The van der Waals surface area contributed by atoms with E-state index >= 15 is 0 Å². The molecule has 1 heterocycles. The summed E-state index contributed by atoms with van der Waals surface area (Å²) in [4.78, 5) is 0.248. The van der Waals surface area contributed by atoms with E-state index in [-0.39, 0.29) is 11.4 Å². The highest BCUT2D eigenvalue weighted by Crippen LogP contribution is 2.14. The molecule has 0 saturated carbocycles. The summed E-state index contributed by atoms with van der Waals surface area (Å²) in [7, 11) is 0.0859. The van der Waals surface area contributed by atoms with Crippen LogP contribution in [0.1, 0.15) is 11.3 Å². The van der Waals surface area contributed by atoms with Crippen molar-refractivity contribution in [3.63, 3.8) is 0 Å². The highest BCUT2D eigenvalue weighted by atomic mass is 32.2. The zero-order valence-corrected chi connectivity index (χ0v) is 12.5. The van der Waals surface area contributed by atoms with Gasteiger partial charge in [0.05, 0.1) is 10.6 Å². The second-order valence-corrected chi connectivity index (χ2v) is 6.28. The summed E-state index contributed by atoms with van der Waals surface area (Å²) < 4.78 is 28.6. The molecule has 0 fully saturated rings. The van der Waals surface area contributed by atoms with Crippen molar-refractivity contribution in [3.8, 4) is 0 Å². The minimum absolute atomic E-state index is 0.232. The van der Waals surface area contributed by atoms with Gasteiger partial charge in [-0.25, -0.2) is 13.1 Å². The minimum Gasteiger partial charge on any atom is -0.388 e. The molecule has 0 aliphatic heterocycles. The number of nitrogens with zero attached hydrogens (tertiary/aromatic N) is 2. The lowest BCUT2D eigenvalue weighted by molar-refractivity contribution is 0.581. The normalized spacial score (nSPS) is 11.6. The lowest BCUT2D eigenvalue weighted by Gasteiger charge is -2.07. The first-order chi connectivity index (χ1) is 9.42. The molecular weight excluding hydrogens is 276 g/mol. The van der Waals surface area contributed by atoms with E-state index in [1.54, 1.807) is 36.0 Å². The molecule has 1 aromatic heterocycles. The number of sulfonamides is 1. The first-order valence-electron chi connectivity index (χ1n) is 6.19. The molecule has 0 spiro atoms. The van der Waals surface area contributed by atoms with E-state index in [0.717, 1.165) is 16.9 Å². The maximum atomic E-state index is 12.2. The van der Waals surface area contributed by atoms with Crippen LogP contribution in [0.2, 0.25) is 0 Å². The van der Waals surface area contributed by atoms with Gasteiger partial charge < -0.3 is 5.32 Å². The molecule has 0 radical (unpaired) electrons. The van der Waals surface area contributed by atoms with Gasteiger partial charge in [0.15, 0.2) is 0 Å². The van der Waals surface area contributed by atoms with Crippen molar-refractivity contribution in [2.24, 2.45) is 7.05 Å². The third kappa shape index (κ3) is 3.17. The van der Waals surface area contributed by atoms with Crippen molar-refractivity contribution in [1.82, 2.24) is 14.5 Å². The Bertz CT molecular complexity index is 690. The fourth-order valence-electron chi connectivity index (χ4n) is 1.88. The Hall–Kier alpha value is -1.86. The highest BCUT2D eigenvalue weighted by molar-refractivity contribution is 7.89. The molecule has 0 unspecified atom stereocenters. The Kier molecular flexibility index (Phi) is 4.10. The van der Waals surface area contributed by atoms with Crippen LogP contribution in [0, 0.1) is 6.92 Å². The highest BCUT2D eigenvalue weighted by Gasteiger charge is 2.14. The topological polar surface area (TPSA) is 76.0 Å². The van der Waals surface area contributed by atoms with Crippen LogP contribution >= 0.6 is 0 Å². The largest absolute Gasteiger partial charge is 0.388 e. The van der Waals surface area contributed by atoms with Crippen LogP contribution in [0.3, 0.4) is 0 Å². The minimum atomic E-state index is -3.51. The molecule has 7 heteroatoms. The van der Waals surface area contributed by atoms with Crippen molar-refractivity contribution in [2.75, 3.05) is 12.4 Å². The Labute approximate surface area is 118 Å². The smallest absolute Gasteiger partial charge is 0.240 e. The van der Waals surface area contributed by atoms with Crippen LogP contribution in [-0.2, 0) is 23.6 Å². The summed E-state index contributed by atoms with van der Waals surface area (Å²) in [5, 5.41) is 7.13. The van der Waals surface area contributed by atoms with E-state index in [1.165, 1.54) is 0 Å². The first-order valence-corrected chi connectivity index (χ1v) is 7.67. The van der Waals surface area contributed by atoms with Crippen molar-refractivity contribution >= 4 is 15.7 Å². The molecule has 0 aliphatic carbocycles. The Morgan fingerprint density at radius 3 is 2.40 bits per heavy atom. The molecule has 0 saturated heterocycles. The fourth-order valence-corrected chi connectivity index (χ4v) is 2.89. The summed E-state index contributed by atoms with van der Waals surface area (Å²) in [5.41, 5.74) is 2.55. The zero-order valence-electron chi connectivity index (χ0n) is 11.7. The maximum Gasteiger partial charge on any atom is 0.240 e. The number of hydrogen-bond donors (Lipinski definition) is 2. The molecule has 2 N–H and O–H groups in total. The molecule has 2 rings (SSSR count). The molecule has 1 aromatic carbocycles. The average Bonchev–Trinajstić information content (AvgIpc) is 2.75. The Morgan fingerprint density at radius 1 is 1.25 bits per heavy atom. The second kappa shape index (κ2) is 5.64. The molecule has 20 heavy (non-hydrogen) atoms. The third-order valence-electron chi connectivity index (χ3n) is 3.02. The standard InChI is InChI=1S/C13H18N4O2S/c1-10-11(9-17(3)16-10)8-15-20(18,19)13-6-4-12(14-2)5-7-13/h4-7,9,14-15H,8H2,1-3H3. The van der Waals surface area contributed by atoms with Gasteiger partial charge in [0.1, 0.15) is 0 Å². The third-order valence-corrected chi connectivity index (χ3v) is 4.44. The zero-order chi connectivity index (χ0) is 14.8. The molecule has 6 nitrogen and oxygen atoms in total. The molecular formula is C13H18N4O2S. The van der Waals surface area contributed by atoms with Gasteiger partial charge >= 0.3 is 0 Å². The number of nitrogens with one attached hydrogen (secondary N) is 2. The van der Waals surface area contributed by atoms with Crippen LogP contribution in [0.4, 0.5) is 5.69 Å². The summed E-state index contributed by atoms with van der Waals surface area (Å²) in [6, 6.07) is 6.60. The van der Waals surface area contributed by atoms with Gasteiger partial charge in [-0.15, -0.1) is 0 Å². The first kappa shape index (κ1) is 14.5. The van der Waals surface area contributed by atoms with Crippen LogP contribution in [-0.4, -0.2) is 25.2 Å². The van der Waals surface area contributed by atoms with Crippen molar-refractivity contribution in [1.29, 1.82) is 0 Å². The maximum absolute atomic E-state index is 12.2. The van der Waals surface area contributed by atoms with E-state index in [0.29, 0.717) is 0 Å². The summed E-state index contributed by atoms with van der Waals surface area (Å²) in [6.07, 6.45) is 1.81. The average molecular weight is 294 g/mol. The fraction of sp³-hybridized carbons (Fsp3) is 0.308. The molecule has 108 valence electrons. The summed E-state index contributed by atoms with van der Waals surface area (Å²) >= 11 is 0. The quantitative estimate of drug-likeness (QED) is 0.870. The van der Waals surface area contributed by atoms with Gasteiger partial charge in [-0.2, -0.15) is 5.10 Å². The van der Waals surface area contributed by atoms with Crippen LogP contribution in [0.5, 0.6) is 0 Å². The number of aryl methyl sites for hydroxylation is 2. The van der Waals surface area contributed by atoms with E-state index in [4.69, 9.17) is 0 Å². The van der Waals surface area contributed by atoms with Crippen LogP contribution < -0.4 is 10.0 Å². The van der Waals surface area contributed by atoms with Gasteiger partial charge in [0.2, 0.25) is 10.0 Å². The van der Waals surface area contributed by atoms with Crippen LogP contribution in [0.25, 0.3) is 0 Å². The van der Waals surface area contributed by atoms with Crippen molar-refractivity contribution < 1.29 is 8.42 Å². The van der Waals surface area contributed by atoms with Gasteiger partial charge in [0.25, 0.3) is 0 Å². The Morgan fingerprint density at radius 2 is 1.90 bits per heavy atom. The number of hydrogen-bond acceptors (Lipinski definition) is 4. The van der Waals surface area contributed by atoms with Gasteiger partial charge in [-0.05, 0) is 31.2 Å². The molecule has 0 amide bonds. The second-order valence-electron chi connectivity index (χ2n) is 4.51. The summed E-state index contributed by atoms with van der Waals surface area (Å²) in [6.45, 7) is 2.08. The van der Waals surface area contributed by atoms with Gasteiger partial charge in [0, 0.05) is 38.1 Å². The van der Waals surface area contributed by atoms with E-state index in [9.17, 15) is 8.42 Å². The van der Waals surface area contributed by atoms with E-state index < -0.39 is 10.0 Å². The predicted molar refractivity (Wildman–Crippen MR) is 78.0 cm³/mol. The van der Waals surface area contributed by atoms with Crippen LogP contribution in [0.15, 0.2) is 35.4 Å². The number of anilines is 1. The van der Waals surface area contributed by atoms with E-state index in [2.05, 4.69) is 15.1 Å². The lowest BCUT2D eigenvalue weighted by atomic mass is 10.3. The number of aromatic nitrogens is 2. The lowest BCUT2D eigenvalue weighted by Crippen LogP contribution is -2.23. The van der Waals surface area contributed by atoms with Crippen molar-refractivity contribution in [2.45, 2.75) is 18.4 Å². The van der Waals surface area contributed by atoms with E-state index in [1.807, 2.05) is 20.2 Å². The summed E-state index contributed by atoms with van der Waals surface area (Å²) in [5.74, 6) is 0. The molecule has 2 aromatic rings.